The Morgan fingerprint density at radius 3 is 1.22 bits per heavy atom. The molecular weight excluding hydrogens is 320 g/mol. The first-order valence-corrected chi connectivity index (χ1v) is 7.08. The van der Waals surface area contributed by atoms with Crippen LogP contribution < -0.4 is 0 Å². The molecule has 2 aliphatic heterocycles. The lowest BCUT2D eigenvalue weighted by molar-refractivity contribution is -0.376. The van der Waals surface area contributed by atoms with Crippen molar-refractivity contribution in [3.8, 4) is 0 Å². The van der Waals surface area contributed by atoms with E-state index < -0.39 is 74.6 Å². The Labute approximate surface area is 130 Å². The van der Waals surface area contributed by atoms with E-state index in [1.165, 1.54) is 0 Å². The van der Waals surface area contributed by atoms with Gasteiger partial charge in [0.05, 0.1) is 13.2 Å². The second-order valence-electron chi connectivity index (χ2n) is 5.53. The average Bonchev–Trinajstić information content (AvgIpc) is 2.55. The highest BCUT2D eigenvalue weighted by atomic mass is 16.8. The van der Waals surface area contributed by atoms with Crippen molar-refractivity contribution in [3.05, 3.63) is 0 Å². The molecule has 0 amide bonds. The molecule has 10 atom stereocenters. The lowest BCUT2D eigenvalue weighted by atomic mass is 9.98. The Morgan fingerprint density at radius 1 is 0.565 bits per heavy atom. The van der Waals surface area contributed by atoms with Gasteiger partial charge in [0, 0.05) is 0 Å². The number of ether oxygens (including phenoxy) is 3. The van der Waals surface area contributed by atoms with Crippen LogP contribution in [0.15, 0.2) is 0 Å². The van der Waals surface area contributed by atoms with Crippen molar-refractivity contribution in [1.82, 2.24) is 0 Å². The normalized spacial score (nSPS) is 51.7. The quantitative estimate of drug-likeness (QED) is 0.243. The third kappa shape index (κ3) is 3.65. The fourth-order valence-electron chi connectivity index (χ4n) is 2.49. The van der Waals surface area contributed by atoms with Gasteiger partial charge >= 0.3 is 0 Å². The van der Waals surface area contributed by atoms with Gasteiger partial charge < -0.3 is 55.1 Å². The summed E-state index contributed by atoms with van der Waals surface area (Å²) in [5.41, 5.74) is 0. The molecule has 11 heteroatoms. The van der Waals surface area contributed by atoms with Gasteiger partial charge in [-0.15, -0.1) is 0 Å². The van der Waals surface area contributed by atoms with Crippen LogP contribution in [0.4, 0.5) is 0 Å². The molecule has 0 radical (unpaired) electrons. The Hall–Kier alpha value is -0.440. The van der Waals surface area contributed by atoms with Crippen molar-refractivity contribution in [1.29, 1.82) is 0 Å². The third-order valence-electron chi connectivity index (χ3n) is 3.97. The van der Waals surface area contributed by atoms with E-state index in [1.54, 1.807) is 0 Å². The molecule has 4 unspecified atom stereocenters. The molecule has 2 aliphatic rings. The van der Waals surface area contributed by atoms with Crippen LogP contribution in [0.1, 0.15) is 0 Å². The summed E-state index contributed by atoms with van der Waals surface area (Å²) in [6, 6.07) is 0. The van der Waals surface area contributed by atoms with Gasteiger partial charge in [-0.2, -0.15) is 0 Å². The standard InChI is InChI=1S/C12H22O11/c13-1-3-5(15)7(17)9(19)11(21-3)23-12-10(20)8(18)6(16)4(2-14)22-12/h3-20H,1-2H2/t3?,4?,5-,6-,7-,8?,9-,10?,11-,12-/m0/s1. The zero-order valence-electron chi connectivity index (χ0n) is 12.0. The van der Waals surface area contributed by atoms with E-state index in [4.69, 9.17) is 24.4 Å². The molecule has 0 aromatic rings. The Morgan fingerprint density at radius 2 is 0.913 bits per heavy atom. The first kappa shape index (κ1) is 18.9. The summed E-state index contributed by atoms with van der Waals surface area (Å²) in [5.74, 6) is 0. The lowest BCUT2D eigenvalue weighted by Gasteiger charge is -2.44. The topological polar surface area (TPSA) is 190 Å². The Kier molecular flexibility index (Phi) is 6.27. The molecule has 0 aliphatic carbocycles. The molecule has 0 spiro atoms. The van der Waals surface area contributed by atoms with Gasteiger partial charge in [-0.25, -0.2) is 0 Å². The van der Waals surface area contributed by atoms with E-state index in [0.29, 0.717) is 0 Å². The molecule has 0 saturated carbocycles. The van der Waals surface area contributed by atoms with Crippen LogP contribution in [0.3, 0.4) is 0 Å². The van der Waals surface area contributed by atoms with E-state index in [-0.39, 0.29) is 0 Å². The summed E-state index contributed by atoms with van der Waals surface area (Å²) < 4.78 is 15.3. The molecule has 2 fully saturated rings. The summed E-state index contributed by atoms with van der Waals surface area (Å²) in [5, 5.41) is 76.4. The number of aliphatic hydroxyl groups excluding tert-OH is 8. The second-order valence-corrected chi connectivity index (χ2v) is 5.53. The van der Waals surface area contributed by atoms with Gasteiger partial charge in [0.25, 0.3) is 0 Å². The highest BCUT2D eigenvalue weighted by Crippen LogP contribution is 2.27. The van der Waals surface area contributed by atoms with Gasteiger partial charge in [-0.05, 0) is 0 Å². The van der Waals surface area contributed by atoms with Crippen LogP contribution in [0.5, 0.6) is 0 Å². The lowest BCUT2D eigenvalue weighted by Crippen LogP contribution is -2.63. The summed E-state index contributed by atoms with van der Waals surface area (Å²) in [6.07, 6.45) is -15.6. The van der Waals surface area contributed by atoms with E-state index in [0.717, 1.165) is 0 Å². The molecule has 0 aromatic heterocycles. The van der Waals surface area contributed by atoms with Crippen molar-refractivity contribution in [2.75, 3.05) is 13.2 Å². The maximum atomic E-state index is 9.84. The second kappa shape index (κ2) is 7.63. The largest absolute Gasteiger partial charge is 0.394 e. The van der Waals surface area contributed by atoms with E-state index in [2.05, 4.69) is 0 Å². The minimum absolute atomic E-state index is 0.667. The zero-order chi connectivity index (χ0) is 17.3. The smallest absolute Gasteiger partial charge is 0.189 e. The molecular formula is C12H22O11. The number of hydrogen-bond acceptors (Lipinski definition) is 11. The highest BCUT2D eigenvalue weighted by Gasteiger charge is 2.49. The minimum atomic E-state index is -1.72. The number of rotatable bonds is 4. The fourth-order valence-corrected chi connectivity index (χ4v) is 2.49. The van der Waals surface area contributed by atoms with Crippen LogP contribution in [-0.4, -0.2) is 115 Å². The summed E-state index contributed by atoms with van der Waals surface area (Å²) in [7, 11) is 0. The van der Waals surface area contributed by atoms with Crippen molar-refractivity contribution >= 4 is 0 Å². The molecule has 2 saturated heterocycles. The SMILES string of the molecule is OCC1O[C@@H](O[C@@H]2OC(CO)[C@H](O)[C@H](O)[C@@H]2O)C(O)C(O)[C@H]1O. The van der Waals surface area contributed by atoms with Crippen molar-refractivity contribution in [2.45, 2.75) is 61.4 Å². The van der Waals surface area contributed by atoms with Gasteiger partial charge in [0.2, 0.25) is 0 Å². The summed E-state index contributed by atoms with van der Waals surface area (Å²) >= 11 is 0. The fraction of sp³-hybridized carbons (Fsp3) is 1.00. The summed E-state index contributed by atoms with van der Waals surface area (Å²) in [4.78, 5) is 0. The molecule has 8 N–H and O–H groups in total. The van der Waals surface area contributed by atoms with E-state index in [9.17, 15) is 30.6 Å². The van der Waals surface area contributed by atoms with E-state index in [1.807, 2.05) is 0 Å². The van der Waals surface area contributed by atoms with Crippen LogP contribution in [0, 0.1) is 0 Å². The third-order valence-corrected chi connectivity index (χ3v) is 3.97. The molecule has 2 heterocycles. The predicted molar refractivity (Wildman–Crippen MR) is 68.6 cm³/mol. The molecule has 0 aromatic carbocycles. The first-order chi connectivity index (χ1) is 10.8. The average molecular weight is 342 g/mol. The van der Waals surface area contributed by atoms with Gasteiger partial charge in [-0.1, -0.05) is 0 Å². The molecule has 11 nitrogen and oxygen atoms in total. The maximum Gasteiger partial charge on any atom is 0.189 e. The van der Waals surface area contributed by atoms with Crippen LogP contribution in [0.25, 0.3) is 0 Å². The predicted octanol–water partition coefficient (Wildman–Crippen LogP) is -5.40. The zero-order valence-corrected chi connectivity index (χ0v) is 12.0. The van der Waals surface area contributed by atoms with Crippen LogP contribution in [0.2, 0.25) is 0 Å². The van der Waals surface area contributed by atoms with E-state index >= 15 is 0 Å². The molecule has 136 valence electrons. The van der Waals surface area contributed by atoms with Crippen molar-refractivity contribution in [2.24, 2.45) is 0 Å². The first-order valence-electron chi connectivity index (χ1n) is 7.08. The Balaban J connectivity index is 2.07. The van der Waals surface area contributed by atoms with Gasteiger partial charge in [-0.3, -0.25) is 0 Å². The minimum Gasteiger partial charge on any atom is -0.394 e. The maximum absolute atomic E-state index is 9.84. The van der Waals surface area contributed by atoms with Gasteiger partial charge in [0.15, 0.2) is 12.6 Å². The van der Waals surface area contributed by atoms with Crippen LogP contribution >= 0.6 is 0 Å². The molecule has 0 bridgehead atoms. The highest BCUT2D eigenvalue weighted by molar-refractivity contribution is 4.92. The number of aliphatic hydroxyl groups is 8. The van der Waals surface area contributed by atoms with Crippen molar-refractivity contribution < 1.29 is 55.1 Å². The monoisotopic (exact) mass is 342 g/mol. The Bertz CT molecular complexity index is 344. The number of hydrogen-bond donors (Lipinski definition) is 8. The van der Waals surface area contributed by atoms with Crippen LogP contribution in [-0.2, 0) is 14.2 Å². The van der Waals surface area contributed by atoms with Gasteiger partial charge in [0.1, 0.15) is 48.8 Å². The summed E-state index contributed by atoms with van der Waals surface area (Å²) in [6.45, 7) is -1.33. The molecule has 23 heavy (non-hydrogen) atoms. The van der Waals surface area contributed by atoms with Crippen molar-refractivity contribution in [3.63, 3.8) is 0 Å². The molecule has 2 rings (SSSR count).